The van der Waals surface area contributed by atoms with Crippen LogP contribution in [0.2, 0.25) is 0 Å². The second kappa shape index (κ2) is 13.4. The van der Waals surface area contributed by atoms with E-state index >= 15 is 0 Å². The molecule has 3 unspecified atom stereocenters. The van der Waals surface area contributed by atoms with Crippen LogP contribution in [0.15, 0.2) is 0 Å². The van der Waals surface area contributed by atoms with Crippen molar-refractivity contribution in [1.82, 2.24) is 0 Å². The van der Waals surface area contributed by atoms with Crippen LogP contribution in [0.5, 0.6) is 0 Å². The maximum Gasteiger partial charge on any atom is 0.104 e. The highest BCUT2D eigenvalue weighted by Gasteiger charge is 2.14. The van der Waals surface area contributed by atoms with E-state index in [0.717, 1.165) is 6.42 Å². The summed E-state index contributed by atoms with van der Waals surface area (Å²) in [5.74, 6) is 0.552. The minimum Gasteiger partial charge on any atom is -0.394 e. The zero-order valence-electron chi connectivity index (χ0n) is 13.0. The summed E-state index contributed by atoms with van der Waals surface area (Å²) in [6.45, 7) is 4.56. The molecule has 4 N–H and O–H groups in total. The zero-order valence-corrected chi connectivity index (χ0v) is 13.0. The van der Waals surface area contributed by atoms with Gasteiger partial charge in [-0.2, -0.15) is 0 Å². The van der Waals surface area contributed by atoms with Gasteiger partial charge < -0.3 is 34.6 Å². The number of rotatable bonds is 14. The van der Waals surface area contributed by atoms with Crippen molar-refractivity contribution in [2.45, 2.75) is 38.6 Å². The fraction of sp³-hybridized carbons (Fsp3) is 1.00. The van der Waals surface area contributed by atoms with Gasteiger partial charge >= 0.3 is 0 Å². The zero-order chi connectivity index (χ0) is 16.1. The first-order chi connectivity index (χ1) is 9.99. The quantitative estimate of drug-likeness (QED) is 0.310. The highest BCUT2D eigenvalue weighted by molar-refractivity contribution is 4.60. The molecule has 0 rings (SSSR count). The Labute approximate surface area is 126 Å². The van der Waals surface area contributed by atoms with Gasteiger partial charge in [0.05, 0.1) is 39.6 Å². The molecule has 0 radical (unpaired) electrons. The summed E-state index contributed by atoms with van der Waals surface area (Å²) in [7, 11) is 0. The van der Waals surface area contributed by atoms with Crippen LogP contribution in [-0.4, -0.2) is 85.0 Å². The van der Waals surface area contributed by atoms with Gasteiger partial charge in [0, 0.05) is 6.61 Å². The van der Waals surface area contributed by atoms with E-state index in [2.05, 4.69) is 13.8 Å². The Balaban J connectivity index is 3.96. The van der Waals surface area contributed by atoms with Crippen LogP contribution in [0.4, 0.5) is 0 Å². The van der Waals surface area contributed by atoms with Crippen molar-refractivity contribution in [3.8, 4) is 0 Å². The monoisotopic (exact) mass is 310 g/mol. The van der Waals surface area contributed by atoms with Gasteiger partial charge in [0.15, 0.2) is 0 Å². The summed E-state index contributed by atoms with van der Waals surface area (Å²) in [6.07, 6.45) is -1.32. The molecule has 0 saturated carbocycles. The molecule has 0 bridgehead atoms. The molecule has 128 valence electrons. The van der Waals surface area contributed by atoms with Crippen molar-refractivity contribution in [3.05, 3.63) is 0 Å². The molecule has 7 heteroatoms. The van der Waals surface area contributed by atoms with Crippen LogP contribution < -0.4 is 0 Å². The predicted octanol–water partition coefficient (Wildman–Crippen LogP) is -0.843. The number of ether oxygens (including phenoxy) is 3. The molecule has 0 saturated heterocycles. The third-order valence-corrected chi connectivity index (χ3v) is 2.70. The molecular weight excluding hydrogens is 280 g/mol. The molecule has 0 fully saturated rings. The fourth-order valence-electron chi connectivity index (χ4n) is 1.37. The molecule has 0 aliphatic carbocycles. The first-order valence-corrected chi connectivity index (χ1v) is 7.34. The second-order valence-electron chi connectivity index (χ2n) is 5.42. The van der Waals surface area contributed by atoms with Crippen LogP contribution in [0, 0.1) is 5.92 Å². The largest absolute Gasteiger partial charge is 0.394 e. The van der Waals surface area contributed by atoms with E-state index in [1.165, 1.54) is 0 Å². The molecule has 7 nitrogen and oxygen atoms in total. The van der Waals surface area contributed by atoms with Crippen LogP contribution in [0.25, 0.3) is 0 Å². The number of hydrogen-bond donors (Lipinski definition) is 4. The van der Waals surface area contributed by atoms with Crippen molar-refractivity contribution in [1.29, 1.82) is 0 Å². The van der Waals surface area contributed by atoms with Crippen LogP contribution in [-0.2, 0) is 14.2 Å². The maximum atomic E-state index is 9.27. The summed E-state index contributed by atoms with van der Waals surface area (Å²) in [4.78, 5) is 0. The summed E-state index contributed by atoms with van der Waals surface area (Å²) < 4.78 is 16.1. The molecular formula is C14H30O7. The van der Waals surface area contributed by atoms with Crippen LogP contribution in [0.3, 0.4) is 0 Å². The van der Waals surface area contributed by atoms with Crippen molar-refractivity contribution in [3.63, 3.8) is 0 Å². The van der Waals surface area contributed by atoms with E-state index in [1.54, 1.807) is 0 Å². The molecule has 0 aromatic heterocycles. The highest BCUT2D eigenvalue weighted by Crippen LogP contribution is 2.02. The smallest absolute Gasteiger partial charge is 0.104 e. The Hall–Kier alpha value is -0.280. The lowest BCUT2D eigenvalue weighted by atomic mass is 10.1. The lowest BCUT2D eigenvalue weighted by Gasteiger charge is -2.20. The Morgan fingerprint density at radius 2 is 1.38 bits per heavy atom. The molecule has 21 heavy (non-hydrogen) atoms. The summed E-state index contributed by atoms with van der Waals surface area (Å²) in [5, 5.41) is 35.9. The molecule has 0 heterocycles. The van der Waals surface area contributed by atoms with Gasteiger partial charge in [0.2, 0.25) is 0 Å². The first kappa shape index (κ1) is 20.7. The number of aliphatic hydroxyl groups is 4. The van der Waals surface area contributed by atoms with Crippen molar-refractivity contribution in [2.75, 3.05) is 46.2 Å². The van der Waals surface area contributed by atoms with Gasteiger partial charge in [-0.3, -0.25) is 0 Å². The first-order valence-electron chi connectivity index (χ1n) is 7.34. The van der Waals surface area contributed by atoms with Crippen molar-refractivity contribution < 1.29 is 34.6 Å². The van der Waals surface area contributed by atoms with E-state index in [4.69, 9.17) is 24.4 Å². The minimum absolute atomic E-state index is 0.00487. The standard InChI is InChI=1S/C14H30O7/c1-11(2)3-4-19-9-14(21-8-13(18)6-16)10-20-7-12(17)5-15/h11-18H,3-10H2,1-2H3. The Morgan fingerprint density at radius 1 is 0.810 bits per heavy atom. The molecule has 0 aromatic rings. The Morgan fingerprint density at radius 3 is 1.95 bits per heavy atom. The topological polar surface area (TPSA) is 109 Å². The third-order valence-electron chi connectivity index (χ3n) is 2.70. The molecule has 0 aromatic carbocycles. The summed E-state index contributed by atoms with van der Waals surface area (Å²) in [5.41, 5.74) is 0. The highest BCUT2D eigenvalue weighted by atomic mass is 16.6. The molecule has 0 spiro atoms. The van der Waals surface area contributed by atoms with E-state index in [9.17, 15) is 10.2 Å². The molecule has 0 amide bonds. The van der Waals surface area contributed by atoms with Gasteiger partial charge in [-0.25, -0.2) is 0 Å². The number of aliphatic hydroxyl groups excluding tert-OH is 4. The average Bonchev–Trinajstić information content (AvgIpc) is 2.47. The summed E-state index contributed by atoms with van der Waals surface area (Å²) in [6, 6.07) is 0. The third kappa shape index (κ3) is 13.1. The lowest BCUT2D eigenvalue weighted by Crippen LogP contribution is -2.32. The lowest BCUT2D eigenvalue weighted by molar-refractivity contribution is -0.0979. The predicted molar refractivity (Wildman–Crippen MR) is 77.0 cm³/mol. The van der Waals surface area contributed by atoms with Crippen molar-refractivity contribution >= 4 is 0 Å². The van der Waals surface area contributed by atoms with E-state index in [1.807, 2.05) is 0 Å². The van der Waals surface area contributed by atoms with E-state index < -0.39 is 18.3 Å². The molecule has 0 aliphatic rings. The van der Waals surface area contributed by atoms with E-state index in [0.29, 0.717) is 19.1 Å². The second-order valence-corrected chi connectivity index (χ2v) is 5.42. The van der Waals surface area contributed by atoms with Gasteiger partial charge in [-0.1, -0.05) is 13.8 Å². The SMILES string of the molecule is CC(C)CCOCC(COCC(O)CO)OCC(O)CO. The fourth-order valence-corrected chi connectivity index (χ4v) is 1.37. The van der Waals surface area contributed by atoms with E-state index in [-0.39, 0.29) is 33.0 Å². The van der Waals surface area contributed by atoms with Crippen LogP contribution >= 0.6 is 0 Å². The van der Waals surface area contributed by atoms with Crippen LogP contribution in [0.1, 0.15) is 20.3 Å². The van der Waals surface area contributed by atoms with Gasteiger partial charge in [-0.05, 0) is 12.3 Å². The average molecular weight is 310 g/mol. The number of hydrogen-bond acceptors (Lipinski definition) is 7. The maximum absolute atomic E-state index is 9.27. The normalized spacial score (nSPS) is 16.1. The van der Waals surface area contributed by atoms with Gasteiger partial charge in [0.25, 0.3) is 0 Å². The molecule has 3 atom stereocenters. The minimum atomic E-state index is -0.939. The Bertz CT molecular complexity index is 225. The Kier molecular flexibility index (Phi) is 13.2. The van der Waals surface area contributed by atoms with Crippen molar-refractivity contribution in [2.24, 2.45) is 5.92 Å². The molecule has 0 aliphatic heterocycles. The van der Waals surface area contributed by atoms with Gasteiger partial charge in [0.1, 0.15) is 18.3 Å². The van der Waals surface area contributed by atoms with Gasteiger partial charge in [-0.15, -0.1) is 0 Å². The summed E-state index contributed by atoms with van der Waals surface area (Å²) >= 11 is 0.